The van der Waals surface area contributed by atoms with Gasteiger partial charge in [-0.1, -0.05) is 60.2 Å². The van der Waals surface area contributed by atoms with Crippen LogP contribution in [-0.4, -0.2) is 4.57 Å². The van der Waals surface area contributed by atoms with Gasteiger partial charge in [0.1, 0.15) is 16.8 Å². The summed E-state index contributed by atoms with van der Waals surface area (Å²) in [5, 5.41) is 0. The van der Waals surface area contributed by atoms with E-state index in [0.717, 1.165) is 11.1 Å². The minimum atomic E-state index is -0.0970. The van der Waals surface area contributed by atoms with E-state index in [1.165, 1.54) is 5.56 Å². The summed E-state index contributed by atoms with van der Waals surface area (Å²) >= 11 is 3.37. The van der Waals surface area contributed by atoms with Crippen LogP contribution in [0.4, 0.5) is 0 Å². The molecule has 3 nitrogen and oxygen atoms in total. The topological polar surface area (TPSA) is 31.2 Å². The molecule has 0 fully saturated rings. The molecule has 0 radical (unpaired) electrons. The van der Waals surface area contributed by atoms with Crippen LogP contribution >= 0.6 is 15.9 Å². The number of hydrogen-bond acceptors (Lipinski definition) is 2. The largest absolute Gasteiger partial charge is 0.487 e. The van der Waals surface area contributed by atoms with Gasteiger partial charge in [-0.15, -0.1) is 0 Å². The lowest BCUT2D eigenvalue weighted by atomic mass is 10.2. The maximum absolute atomic E-state index is 12.5. The first kappa shape index (κ1) is 16.5. The molecule has 1 heterocycles. The lowest BCUT2D eigenvalue weighted by Gasteiger charge is -2.11. The van der Waals surface area contributed by atoms with Crippen LogP contribution < -0.4 is 10.3 Å². The second kappa shape index (κ2) is 7.49. The van der Waals surface area contributed by atoms with E-state index in [0.29, 0.717) is 23.4 Å². The number of rotatable bonds is 5. The van der Waals surface area contributed by atoms with E-state index in [1.54, 1.807) is 10.8 Å². The number of aryl methyl sites for hydroxylation is 1. The smallest absolute Gasteiger partial charge is 0.268 e. The van der Waals surface area contributed by atoms with Crippen LogP contribution in [0.3, 0.4) is 0 Å². The van der Waals surface area contributed by atoms with E-state index >= 15 is 0 Å². The Morgan fingerprint density at radius 2 is 1.67 bits per heavy atom. The van der Waals surface area contributed by atoms with E-state index in [2.05, 4.69) is 15.9 Å². The van der Waals surface area contributed by atoms with Crippen LogP contribution in [0.15, 0.2) is 76.1 Å². The minimum absolute atomic E-state index is 0.0970. The van der Waals surface area contributed by atoms with Gasteiger partial charge in [-0.25, -0.2) is 0 Å². The van der Waals surface area contributed by atoms with Crippen LogP contribution in [0.1, 0.15) is 16.7 Å². The molecule has 3 rings (SSSR count). The quantitative estimate of drug-likeness (QED) is 0.647. The Balaban J connectivity index is 1.75. The fourth-order valence-corrected chi connectivity index (χ4v) is 2.87. The Hall–Kier alpha value is -2.33. The Morgan fingerprint density at radius 1 is 0.958 bits per heavy atom. The van der Waals surface area contributed by atoms with Gasteiger partial charge in [0.15, 0.2) is 0 Å². The standard InChI is InChI=1S/C20H18BrNO2/c1-15-7-9-17(10-8-15)14-24-18-11-12-22(20(23)19(18)21)13-16-5-3-2-4-6-16/h2-12H,13-14H2,1H3. The molecule has 1 aromatic heterocycles. The Bertz CT molecular complexity index is 870. The monoisotopic (exact) mass is 383 g/mol. The summed E-state index contributed by atoms with van der Waals surface area (Å²) in [6, 6.07) is 19.9. The number of benzene rings is 2. The molecular weight excluding hydrogens is 366 g/mol. The average Bonchev–Trinajstić information content (AvgIpc) is 2.61. The SMILES string of the molecule is Cc1ccc(COc2ccn(Cc3ccccc3)c(=O)c2Br)cc1. The van der Waals surface area contributed by atoms with Gasteiger partial charge >= 0.3 is 0 Å². The number of ether oxygens (including phenoxy) is 1. The molecule has 0 bridgehead atoms. The lowest BCUT2D eigenvalue weighted by Crippen LogP contribution is -2.21. The molecule has 0 aliphatic heterocycles. The maximum Gasteiger partial charge on any atom is 0.268 e. The number of hydrogen-bond donors (Lipinski definition) is 0. The maximum atomic E-state index is 12.5. The molecule has 0 aliphatic carbocycles. The second-order valence-corrected chi connectivity index (χ2v) is 6.48. The van der Waals surface area contributed by atoms with Crippen molar-refractivity contribution in [2.24, 2.45) is 0 Å². The fraction of sp³-hybridized carbons (Fsp3) is 0.150. The van der Waals surface area contributed by atoms with E-state index in [9.17, 15) is 4.79 Å². The van der Waals surface area contributed by atoms with E-state index in [1.807, 2.05) is 67.6 Å². The molecule has 0 spiro atoms. The Morgan fingerprint density at radius 3 is 2.38 bits per heavy atom. The van der Waals surface area contributed by atoms with Crippen molar-refractivity contribution in [2.45, 2.75) is 20.1 Å². The summed E-state index contributed by atoms with van der Waals surface area (Å²) in [6.07, 6.45) is 1.77. The van der Waals surface area contributed by atoms with Gasteiger partial charge in [0.05, 0.1) is 6.54 Å². The van der Waals surface area contributed by atoms with Gasteiger partial charge in [-0.05, 0) is 40.0 Å². The minimum Gasteiger partial charge on any atom is -0.487 e. The molecule has 0 saturated carbocycles. The van der Waals surface area contributed by atoms with Crippen LogP contribution in [0.5, 0.6) is 5.75 Å². The molecule has 0 saturated heterocycles. The van der Waals surface area contributed by atoms with Gasteiger partial charge in [-0.3, -0.25) is 4.79 Å². The molecule has 122 valence electrons. The third-order valence-electron chi connectivity index (χ3n) is 3.78. The highest BCUT2D eigenvalue weighted by molar-refractivity contribution is 9.10. The Labute approximate surface area is 149 Å². The second-order valence-electron chi connectivity index (χ2n) is 5.69. The lowest BCUT2D eigenvalue weighted by molar-refractivity contribution is 0.302. The van der Waals surface area contributed by atoms with Crippen molar-refractivity contribution in [1.82, 2.24) is 4.57 Å². The number of pyridine rings is 1. The Kier molecular flexibility index (Phi) is 5.16. The van der Waals surface area contributed by atoms with Crippen molar-refractivity contribution >= 4 is 15.9 Å². The first-order valence-corrected chi connectivity index (χ1v) is 8.54. The molecule has 0 atom stereocenters. The third kappa shape index (κ3) is 3.95. The van der Waals surface area contributed by atoms with E-state index < -0.39 is 0 Å². The normalized spacial score (nSPS) is 10.6. The van der Waals surface area contributed by atoms with Gasteiger partial charge < -0.3 is 9.30 Å². The van der Waals surface area contributed by atoms with Gasteiger partial charge in [0.2, 0.25) is 0 Å². The van der Waals surface area contributed by atoms with Crippen molar-refractivity contribution in [2.75, 3.05) is 0 Å². The molecule has 0 unspecified atom stereocenters. The summed E-state index contributed by atoms with van der Waals surface area (Å²) in [4.78, 5) is 12.5. The van der Waals surface area contributed by atoms with Gasteiger partial charge in [0.25, 0.3) is 5.56 Å². The predicted molar refractivity (Wildman–Crippen MR) is 99.5 cm³/mol. The summed E-state index contributed by atoms with van der Waals surface area (Å²) in [6.45, 7) is 3.02. The zero-order valence-corrected chi connectivity index (χ0v) is 15.0. The van der Waals surface area contributed by atoms with Crippen molar-refractivity contribution in [3.63, 3.8) is 0 Å². The molecule has 0 aliphatic rings. The van der Waals surface area contributed by atoms with Crippen molar-refractivity contribution < 1.29 is 4.74 Å². The predicted octanol–water partition coefficient (Wildman–Crippen LogP) is 4.55. The van der Waals surface area contributed by atoms with Gasteiger partial charge in [-0.2, -0.15) is 0 Å². The van der Waals surface area contributed by atoms with E-state index in [-0.39, 0.29) is 5.56 Å². The number of aromatic nitrogens is 1. The molecule has 24 heavy (non-hydrogen) atoms. The molecule has 3 aromatic rings. The molecule has 0 N–H and O–H groups in total. The molecule has 4 heteroatoms. The van der Waals surface area contributed by atoms with Crippen LogP contribution in [0.25, 0.3) is 0 Å². The highest BCUT2D eigenvalue weighted by Crippen LogP contribution is 2.22. The van der Waals surface area contributed by atoms with Crippen molar-refractivity contribution in [3.8, 4) is 5.75 Å². The van der Waals surface area contributed by atoms with E-state index in [4.69, 9.17) is 4.74 Å². The number of halogens is 1. The number of nitrogens with zero attached hydrogens (tertiary/aromatic N) is 1. The van der Waals surface area contributed by atoms with Crippen LogP contribution in [0.2, 0.25) is 0 Å². The van der Waals surface area contributed by atoms with Crippen molar-refractivity contribution in [3.05, 3.63) is 98.4 Å². The van der Waals surface area contributed by atoms with Crippen LogP contribution in [-0.2, 0) is 13.2 Å². The molecule has 2 aromatic carbocycles. The van der Waals surface area contributed by atoms with Crippen LogP contribution in [0, 0.1) is 6.92 Å². The summed E-state index contributed by atoms with van der Waals surface area (Å²) in [7, 11) is 0. The molecule has 0 amide bonds. The van der Waals surface area contributed by atoms with Gasteiger partial charge in [0, 0.05) is 6.20 Å². The average molecular weight is 384 g/mol. The first-order valence-electron chi connectivity index (χ1n) is 7.75. The van der Waals surface area contributed by atoms with Crippen molar-refractivity contribution in [1.29, 1.82) is 0 Å². The summed E-state index contributed by atoms with van der Waals surface area (Å²) < 4.78 is 7.91. The first-order chi connectivity index (χ1) is 11.6. The summed E-state index contributed by atoms with van der Waals surface area (Å²) in [5.41, 5.74) is 3.27. The third-order valence-corrected chi connectivity index (χ3v) is 4.51. The zero-order valence-electron chi connectivity index (χ0n) is 13.4. The zero-order chi connectivity index (χ0) is 16.9. The highest BCUT2D eigenvalue weighted by Gasteiger charge is 2.09. The fourth-order valence-electron chi connectivity index (χ4n) is 2.39. The highest BCUT2D eigenvalue weighted by atomic mass is 79.9. The summed E-state index contributed by atoms with van der Waals surface area (Å²) in [5.74, 6) is 0.560. The molecular formula is C20H18BrNO2.